The molecule has 18 heavy (non-hydrogen) atoms. The third-order valence-electron chi connectivity index (χ3n) is 2.49. The second-order valence-corrected chi connectivity index (χ2v) is 4.82. The van der Waals surface area contributed by atoms with E-state index < -0.39 is 17.8 Å². The van der Waals surface area contributed by atoms with Crippen LogP contribution in [0.15, 0.2) is 41.8 Å². The summed E-state index contributed by atoms with van der Waals surface area (Å²) in [5.41, 5.74) is 0.416. The molecule has 2 N–H and O–H groups in total. The molecule has 1 aromatic heterocycles. The molecule has 1 unspecified atom stereocenters. The number of rotatable bonds is 5. The summed E-state index contributed by atoms with van der Waals surface area (Å²) < 4.78 is 13.1. The molecule has 0 aliphatic rings. The van der Waals surface area contributed by atoms with Gasteiger partial charge in [0.2, 0.25) is 0 Å². The van der Waals surface area contributed by atoms with Crippen LogP contribution in [0.3, 0.4) is 0 Å². The molecule has 0 spiro atoms. The molecule has 3 nitrogen and oxygen atoms in total. The molecule has 2 rings (SSSR count). The van der Waals surface area contributed by atoms with Crippen LogP contribution in [0.2, 0.25) is 0 Å². The Kier molecular flexibility index (Phi) is 4.07. The number of halogens is 1. The van der Waals surface area contributed by atoms with Gasteiger partial charge in [0.1, 0.15) is 11.9 Å². The first-order chi connectivity index (χ1) is 8.66. The average Bonchev–Trinajstić information content (AvgIpc) is 2.82. The lowest BCUT2D eigenvalue weighted by atomic mass is 10.1. The van der Waals surface area contributed by atoms with Gasteiger partial charge in [-0.2, -0.15) is 0 Å². The number of nitrogens with one attached hydrogen (secondary N) is 1. The highest BCUT2D eigenvalue weighted by molar-refractivity contribution is 7.09. The van der Waals surface area contributed by atoms with E-state index in [1.54, 1.807) is 17.4 Å². The Labute approximate surface area is 108 Å². The van der Waals surface area contributed by atoms with Crippen LogP contribution in [0.5, 0.6) is 0 Å². The monoisotopic (exact) mass is 265 g/mol. The fourth-order valence-electron chi connectivity index (χ4n) is 1.65. The van der Waals surface area contributed by atoms with E-state index in [9.17, 15) is 9.18 Å². The lowest BCUT2D eigenvalue weighted by Gasteiger charge is -2.14. The lowest BCUT2D eigenvalue weighted by Crippen LogP contribution is -2.27. The van der Waals surface area contributed by atoms with Gasteiger partial charge in [-0.05, 0) is 29.1 Å². The van der Waals surface area contributed by atoms with Crippen molar-refractivity contribution in [2.45, 2.75) is 12.6 Å². The Morgan fingerprint density at radius 2 is 2.22 bits per heavy atom. The van der Waals surface area contributed by atoms with Crippen LogP contribution in [-0.4, -0.2) is 11.1 Å². The van der Waals surface area contributed by atoms with E-state index in [1.165, 1.54) is 18.2 Å². The molecule has 0 aliphatic heterocycles. The molecule has 0 saturated carbocycles. The molecule has 0 amide bonds. The zero-order chi connectivity index (χ0) is 13.0. The summed E-state index contributed by atoms with van der Waals surface area (Å²) in [4.78, 5) is 12.2. The number of benzene rings is 1. The van der Waals surface area contributed by atoms with Gasteiger partial charge in [0, 0.05) is 11.4 Å². The Hall–Kier alpha value is -1.72. The van der Waals surface area contributed by atoms with E-state index in [0.717, 1.165) is 4.88 Å². The maximum absolute atomic E-state index is 13.1. The predicted molar refractivity (Wildman–Crippen MR) is 67.9 cm³/mol. The minimum Gasteiger partial charge on any atom is -0.480 e. The summed E-state index contributed by atoms with van der Waals surface area (Å²) in [7, 11) is 0. The fraction of sp³-hybridized carbons (Fsp3) is 0.154. The Balaban J connectivity index is 2.11. The van der Waals surface area contributed by atoms with Gasteiger partial charge in [-0.1, -0.05) is 18.2 Å². The van der Waals surface area contributed by atoms with Gasteiger partial charge in [-0.15, -0.1) is 11.3 Å². The molecule has 0 saturated heterocycles. The van der Waals surface area contributed by atoms with Crippen molar-refractivity contribution in [1.82, 2.24) is 5.32 Å². The summed E-state index contributed by atoms with van der Waals surface area (Å²) in [5, 5.41) is 14.0. The number of hydrogen-bond acceptors (Lipinski definition) is 3. The minimum atomic E-state index is -1.02. The average molecular weight is 265 g/mol. The molecule has 1 aromatic carbocycles. The van der Waals surface area contributed by atoms with Gasteiger partial charge < -0.3 is 5.11 Å². The number of aliphatic carboxylic acids is 1. The molecule has 94 valence electrons. The second kappa shape index (κ2) is 5.75. The van der Waals surface area contributed by atoms with E-state index in [1.807, 2.05) is 17.5 Å². The molecule has 0 bridgehead atoms. The highest BCUT2D eigenvalue weighted by Crippen LogP contribution is 2.16. The highest BCUT2D eigenvalue weighted by Gasteiger charge is 2.19. The molecule has 2 aromatic rings. The van der Waals surface area contributed by atoms with E-state index in [0.29, 0.717) is 12.1 Å². The lowest BCUT2D eigenvalue weighted by molar-refractivity contribution is -0.139. The maximum atomic E-state index is 13.1. The first-order valence-electron chi connectivity index (χ1n) is 5.41. The van der Waals surface area contributed by atoms with Gasteiger partial charge in [0.25, 0.3) is 0 Å². The van der Waals surface area contributed by atoms with Crippen LogP contribution in [0.1, 0.15) is 16.5 Å². The number of hydrogen-bond donors (Lipinski definition) is 2. The number of carbonyl (C=O) groups is 1. The van der Waals surface area contributed by atoms with Crippen LogP contribution >= 0.6 is 11.3 Å². The molecule has 5 heteroatoms. The normalized spacial score (nSPS) is 12.3. The van der Waals surface area contributed by atoms with Crippen molar-refractivity contribution in [2.24, 2.45) is 0 Å². The summed E-state index contributed by atoms with van der Waals surface area (Å²) >= 11 is 1.55. The molecular formula is C13H12FNO2S. The van der Waals surface area contributed by atoms with E-state index in [-0.39, 0.29) is 0 Å². The van der Waals surface area contributed by atoms with Crippen LogP contribution in [0.25, 0.3) is 0 Å². The largest absolute Gasteiger partial charge is 0.480 e. The molecule has 0 fully saturated rings. The number of carboxylic acids is 1. The Bertz CT molecular complexity index is 528. The molecule has 0 radical (unpaired) electrons. The van der Waals surface area contributed by atoms with Gasteiger partial charge >= 0.3 is 5.97 Å². The summed E-state index contributed by atoms with van der Waals surface area (Å²) in [6, 6.07) is 8.56. The topological polar surface area (TPSA) is 49.3 Å². The Morgan fingerprint density at radius 1 is 1.39 bits per heavy atom. The van der Waals surface area contributed by atoms with E-state index >= 15 is 0 Å². The first kappa shape index (κ1) is 12.7. The Morgan fingerprint density at radius 3 is 2.83 bits per heavy atom. The van der Waals surface area contributed by atoms with Crippen molar-refractivity contribution in [1.29, 1.82) is 0 Å². The van der Waals surface area contributed by atoms with E-state index in [4.69, 9.17) is 5.11 Å². The number of thiophene rings is 1. The molecule has 1 heterocycles. The van der Waals surface area contributed by atoms with Crippen molar-refractivity contribution < 1.29 is 14.3 Å². The zero-order valence-electron chi connectivity index (χ0n) is 9.47. The van der Waals surface area contributed by atoms with Gasteiger partial charge in [0.05, 0.1) is 0 Å². The molecule has 0 aliphatic carbocycles. The van der Waals surface area contributed by atoms with Crippen molar-refractivity contribution in [2.75, 3.05) is 0 Å². The SMILES string of the molecule is O=C(O)C(NCc1cccs1)c1cccc(F)c1. The third kappa shape index (κ3) is 3.15. The van der Waals surface area contributed by atoms with Crippen LogP contribution < -0.4 is 5.32 Å². The highest BCUT2D eigenvalue weighted by atomic mass is 32.1. The van der Waals surface area contributed by atoms with Crippen LogP contribution in [-0.2, 0) is 11.3 Å². The predicted octanol–water partition coefficient (Wildman–Crippen LogP) is 2.80. The zero-order valence-corrected chi connectivity index (χ0v) is 10.3. The summed E-state index contributed by atoms with van der Waals surface area (Å²) in [5.74, 6) is -1.45. The van der Waals surface area contributed by atoms with Crippen molar-refractivity contribution >= 4 is 17.3 Å². The van der Waals surface area contributed by atoms with Gasteiger partial charge in [-0.3, -0.25) is 10.1 Å². The molecular weight excluding hydrogens is 253 g/mol. The van der Waals surface area contributed by atoms with Crippen LogP contribution in [0, 0.1) is 5.82 Å². The fourth-order valence-corrected chi connectivity index (χ4v) is 2.31. The van der Waals surface area contributed by atoms with Crippen LogP contribution in [0.4, 0.5) is 4.39 Å². The smallest absolute Gasteiger partial charge is 0.325 e. The quantitative estimate of drug-likeness (QED) is 0.874. The van der Waals surface area contributed by atoms with E-state index in [2.05, 4.69) is 5.32 Å². The standard InChI is InChI=1S/C13H12FNO2S/c14-10-4-1-3-9(7-10)12(13(16)17)15-8-11-5-2-6-18-11/h1-7,12,15H,8H2,(H,16,17). The second-order valence-electron chi connectivity index (χ2n) is 3.79. The number of carboxylic acid groups (broad SMARTS) is 1. The third-order valence-corrected chi connectivity index (χ3v) is 3.37. The van der Waals surface area contributed by atoms with Crippen molar-refractivity contribution in [3.8, 4) is 0 Å². The first-order valence-corrected chi connectivity index (χ1v) is 6.29. The summed E-state index contributed by atoms with van der Waals surface area (Å²) in [6.07, 6.45) is 0. The van der Waals surface area contributed by atoms with Gasteiger partial charge in [0.15, 0.2) is 0 Å². The van der Waals surface area contributed by atoms with Crippen molar-refractivity contribution in [3.05, 3.63) is 58.0 Å². The summed E-state index contributed by atoms with van der Waals surface area (Å²) in [6.45, 7) is 0.450. The van der Waals surface area contributed by atoms with Gasteiger partial charge in [-0.25, -0.2) is 4.39 Å². The minimum absolute atomic E-state index is 0.416. The van der Waals surface area contributed by atoms with Crippen molar-refractivity contribution in [3.63, 3.8) is 0 Å². The molecule has 1 atom stereocenters. The maximum Gasteiger partial charge on any atom is 0.325 e.